The standard InChI is InChI=1S/C17H12ClF2N3O2/c1-25-16-5-3-12(7-13(16)18)23-17(24)10(8-21)9-22-15-6-11(19)2-4-14(15)20/h2-7,9,22H,1H3,(H,23,24)/b10-9-. The number of halogens is 3. The van der Waals surface area contributed by atoms with Crippen LogP contribution in [0.4, 0.5) is 20.2 Å². The lowest BCUT2D eigenvalue weighted by Gasteiger charge is -2.08. The second kappa shape index (κ2) is 8.13. The summed E-state index contributed by atoms with van der Waals surface area (Å²) < 4.78 is 31.6. The smallest absolute Gasteiger partial charge is 0.267 e. The number of rotatable bonds is 5. The lowest BCUT2D eigenvalue weighted by Crippen LogP contribution is -2.14. The van der Waals surface area contributed by atoms with E-state index in [0.717, 1.165) is 24.4 Å². The van der Waals surface area contributed by atoms with E-state index in [2.05, 4.69) is 10.6 Å². The summed E-state index contributed by atoms with van der Waals surface area (Å²) >= 11 is 5.95. The van der Waals surface area contributed by atoms with Crippen LogP contribution in [0.15, 0.2) is 48.2 Å². The van der Waals surface area contributed by atoms with Crippen LogP contribution < -0.4 is 15.4 Å². The molecule has 0 spiro atoms. The quantitative estimate of drug-likeness (QED) is 0.620. The van der Waals surface area contributed by atoms with E-state index in [-0.39, 0.29) is 16.3 Å². The molecule has 2 rings (SSSR count). The number of amides is 1. The lowest BCUT2D eigenvalue weighted by molar-refractivity contribution is -0.112. The van der Waals surface area contributed by atoms with Gasteiger partial charge < -0.3 is 15.4 Å². The van der Waals surface area contributed by atoms with Crippen molar-refractivity contribution < 1.29 is 18.3 Å². The molecule has 0 fully saturated rings. The van der Waals surface area contributed by atoms with Gasteiger partial charge >= 0.3 is 0 Å². The zero-order chi connectivity index (χ0) is 18.4. The number of nitrogens with zero attached hydrogens (tertiary/aromatic N) is 1. The van der Waals surface area contributed by atoms with Gasteiger partial charge in [-0.1, -0.05) is 11.6 Å². The number of hydrogen-bond acceptors (Lipinski definition) is 4. The number of ether oxygens (including phenoxy) is 1. The third-order valence-electron chi connectivity index (χ3n) is 3.08. The molecule has 0 aliphatic heterocycles. The molecule has 0 aliphatic rings. The van der Waals surface area contributed by atoms with E-state index in [4.69, 9.17) is 21.6 Å². The van der Waals surface area contributed by atoms with Gasteiger partial charge in [0.25, 0.3) is 5.91 Å². The van der Waals surface area contributed by atoms with E-state index in [1.807, 2.05) is 0 Å². The van der Waals surface area contributed by atoms with Gasteiger partial charge in [0.15, 0.2) is 0 Å². The molecule has 2 aromatic carbocycles. The maximum absolute atomic E-state index is 13.5. The number of methoxy groups -OCH3 is 1. The molecule has 2 N–H and O–H groups in total. The zero-order valence-corrected chi connectivity index (χ0v) is 13.7. The molecule has 0 saturated carbocycles. The fraction of sp³-hybridized carbons (Fsp3) is 0.0588. The van der Waals surface area contributed by atoms with Crippen molar-refractivity contribution in [1.82, 2.24) is 0 Å². The molecular formula is C17H12ClF2N3O2. The first-order valence-electron chi connectivity index (χ1n) is 6.91. The number of nitriles is 1. The van der Waals surface area contributed by atoms with Crippen molar-refractivity contribution in [3.63, 3.8) is 0 Å². The maximum atomic E-state index is 13.5. The molecule has 8 heteroatoms. The third-order valence-corrected chi connectivity index (χ3v) is 3.37. The number of hydrogen-bond donors (Lipinski definition) is 2. The van der Waals surface area contributed by atoms with Crippen molar-refractivity contribution in [2.45, 2.75) is 0 Å². The fourth-order valence-corrected chi connectivity index (χ4v) is 2.11. The van der Waals surface area contributed by atoms with Gasteiger partial charge in [-0.2, -0.15) is 5.26 Å². The van der Waals surface area contributed by atoms with Crippen molar-refractivity contribution in [3.8, 4) is 11.8 Å². The highest BCUT2D eigenvalue weighted by Gasteiger charge is 2.11. The molecule has 0 bridgehead atoms. The monoisotopic (exact) mass is 363 g/mol. The average Bonchev–Trinajstić information content (AvgIpc) is 2.58. The first-order chi connectivity index (χ1) is 11.9. The Bertz CT molecular complexity index is 879. The summed E-state index contributed by atoms with van der Waals surface area (Å²) in [6.07, 6.45) is 0.984. The minimum atomic E-state index is -0.743. The van der Waals surface area contributed by atoms with Gasteiger partial charge in [0, 0.05) is 18.0 Å². The summed E-state index contributed by atoms with van der Waals surface area (Å²) in [5, 5.41) is 14.2. The van der Waals surface area contributed by atoms with Crippen LogP contribution >= 0.6 is 11.6 Å². The zero-order valence-electron chi connectivity index (χ0n) is 12.9. The summed E-state index contributed by atoms with van der Waals surface area (Å²) in [6, 6.07) is 9.00. The summed E-state index contributed by atoms with van der Waals surface area (Å²) in [5.74, 6) is -1.70. The van der Waals surface area contributed by atoms with Gasteiger partial charge in [0.1, 0.15) is 29.0 Å². The fourth-order valence-electron chi connectivity index (χ4n) is 1.85. The Hall–Kier alpha value is -3.11. The second-order valence-electron chi connectivity index (χ2n) is 4.74. The average molecular weight is 364 g/mol. The highest BCUT2D eigenvalue weighted by molar-refractivity contribution is 6.32. The van der Waals surface area contributed by atoms with E-state index in [0.29, 0.717) is 11.4 Å². The van der Waals surface area contributed by atoms with Gasteiger partial charge in [0.2, 0.25) is 0 Å². The molecule has 25 heavy (non-hydrogen) atoms. The Morgan fingerprint density at radius 2 is 2.04 bits per heavy atom. The number of carbonyl (C=O) groups excluding carboxylic acids is 1. The van der Waals surface area contributed by atoms with Crippen LogP contribution in [0.1, 0.15) is 0 Å². The highest BCUT2D eigenvalue weighted by Crippen LogP contribution is 2.27. The Kier molecular flexibility index (Phi) is 5.93. The lowest BCUT2D eigenvalue weighted by atomic mass is 10.2. The van der Waals surface area contributed by atoms with E-state index < -0.39 is 17.5 Å². The summed E-state index contributed by atoms with van der Waals surface area (Å²) in [6.45, 7) is 0. The van der Waals surface area contributed by atoms with Crippen molar-refractivity contribution in [2.24, 2.45) is 0 Å². The number of nitrogens with one attached hydrogen (secondary N) is 2. The van der Waals surface area contributed by atoms with Gasteiger partial charge in [-0.15, -0.1) is 0 Å². The summed E-state index contributed by atoms with van der Waals surface area (Å²) in [4.78, 5) is 12.1. The van der Waals surface area contributed by atoms with Gasteiger partial charge in [0.05, 0.1) is 17.8 Å². The molecule has 0 aliphatic carbocycles. The number of carbonyl (C=O) groups is 1. The molecular weight excluding hydrogens is 352 g/mol. The predicted molar refractivity (Wildman–Crippen MR) is 90.3 cm³/mol. The van der Waals surface area contributed by atoms with Crippen LogP contribution in [0.5, 0.6) is 5.75 Å². The van der Waals surface area contributed by atoms with E-state index in [9.17, 15) is 13.6 Å². The van der Waals surface area contributed by atoms with Crippen LogP contribution in [0.25, 0.3) is 0 Å². The maximum Gasteiger partial charge on any atom is 0.267 e. The van der Waals surface area contributed by atoms with Gasteiger partial charge in [-0.25, -0.2) is 8.78 Å². The Labute approximate surface area is 147 Å². The largest absolute Gasteiger partial charge is 0.495 e. The van der Waals surface area contributed by atoms with E-state index in [1.54, 1.807) is 12.1 Å². The van der Waals surface area contributed by atoms with Gasteiger partial charge in [-0.05, 0) is 30.3 Å². The minimum absolute atomic E-state index is 0.201. The van der Waals surface area contributed by atoms with Crippen LogP contribution in [0.2, 0.25) is 5.02 Å². The Morgan fingerprint density at radius 1 is 1.28 bits per heavy atom. The molecule has 0 heterocycles. The first-order valence-corrected chi connectivity index (χ1v) is 7.29. The second-order valence-corrected chi connectivity index (χ2v) is 5.15. The molecule has 128 valence electrons. The molecule has 0 aromatic heterocycles. The van der Waals surface area contributed by atoms with Crippen LogP contribution in [0.3, 0.4) is 0 Å². The van der Waals surface area contributed by atoms with Crippen LogP contribution in [0, 0.1) is 23.0 Å². The molecule has 0 atom stereocenters. The number of anilines is 2. The molecule has 0 saturated heterocycles. The minimum Gasteiger partial charge on any atom is -0.495 e. The normalized spacial score (nSPS) is 10.8. The van der Waals surface area contributed by atoms with Crippen LogP contribution in [-0.2, 0) is 4.79 Å². The highest BCUT2D eigenvalue weighted by atomic mass is 35.5. The van der Waals surface area contributed by atoms with Crippen LogP contribution in [-0.4, -0.2) is 13.0 Å². The topological polar surface area (TPSA) is 74.1 Å². The van der Waals surface area contributed by atoms with Crippen molar-refractivity contribution in [3.05, 3.63) is 64.8 Å². The SMILES string of the molecule is COc1ccc(NC(=O)/C(C#N)=C\Nc2cc(F)ccc2F)cc1Cl. The summed E-state index contributed by atoms with van der Waals surface area (Å²) in [7, 11) is 1.45. The van der Waals surface area contributed by atoms with E-state index in [1.165, 1.54) is 19.2 Å². The van der Waals surface area contributed by atoms with Crippen molar-refractivity contribution in [1.29, 1.82) is 5.26 Å². The third kappa shape index (κ3) is 4.68. The van der Waals surface area contributed by atoms with E-state index >= 15 is 0 Å². The molecule has 2 aromatic rings. The van der Waals surface area contributed by atoms with Crippen molar-refractivity contribution in [2.75, 3.05) is 17.7 Å². The summed E-state index contributed by atoms with van der Waals surface area (Å²) in [5.41, 5.74) is -0.197. The Balaban J connectivity index is 2.14. The molecule has 0 unspecified atom stereocenters. The Morgan fingerprint density at radius 3 is 2.68 bits per heavy atom. The van der Waals surface area contributed by atoms with Gasteiger partial charge in [-0.3, -0.25) is 4.79 Å². The molecule has 0 radical (unpaired) electrons. The molecule has 5 nitrogen and oxygen atoms in total. The molecule has 1 amide bonds. The predicted octanol–water partition coefficient (Wildman–Crippen LogP) is 4.08. The first kappa shape index (κ1) is 18.2. The number of benzene rings is 2. The van der Waals surface area contributed by atoms with Crippen molar-refractivity contribution >= 4 is 28.9 Å².